The first-order chi connectivity index (χ1) is 7.56. The molecule has 1 heterocycles. The Bertz CT molecular complexity index is 396. The fraction of sp³-hybridized carbons (Fsp3) is 0.727. The van der Waals surface area contributed by atoms with E-state index < -0.39 is 17.2 Å². The van der Waals surface area contributed by atoms with Crippen LogP contribution in [0.15, 0.2) is 0 Å². The zero-order valence-corrected chi connectivity index (χ0v) is 8.86. The van der Waals surface area contributed by atoms with Crippen LogP contribution in [0.1, 0.15) is 25.7 Å². The molecule has 5 nitrogen and oxygen atoms in total. The summed E-state index contributed by atoms with van der Waals surface area (Å²) in [6.45, 7) is 0. The average Bonchev–Trinajstić information content (AvgIpc) is 2.58. The van der Waals surface area contributed by atoms with Crippen molar-refractivity contribution in [3.05, 3.63) is 0 Å². The second-order valence-corrected chi connectivity index (χ2v) is 5.21. The molecule has 3 N–H and O–H groups in total. The van der Waals surface area contributed by atoms with Crippen molar-refractivity contribution in [3.63, 3.8) is 0 Å². The van der Waals surface area contributed by atoms with E-state index in [2.05, 4.69) is 5.32 Å². The fourth-order valence-electron chi connectivity index (χ4n) is 3.90. The Morgan fingerprint density at radius 2 is 1.88 bits per heavy atom. The second kappa shape index (κ2) is 2.84. The summed E-state index contributed by atoms with van der Waals surface area (Å²) < 4.78 is 0. The molecule has 3 amide bonds. The van der Waals surface area contributed by atoms with E-state index in [4.69, 9.17) is 5.73 Å². The SMILES string of the molecule is NC(=O)C12CCC(CC1)[C@@H]1C(=O)NC(=O)[C@H]12. The molecule has 2 atom stereocenters. The molecule has 4 rings (SSSR count). The summed E-state index contributed by atoms with van der Waals surface area (Å²) in [6, 6.07) is 0. The molecular formula is C11H14N2O3. The Hall–Kier alpha value is -1.39. The van der Waals surface area contributed by atoms with Gasteiger partial charge in [0, 0.05) is 0 Å². The summed E-state index contributed by atoms with van der Waals surface area (Å²) in [5, 5.41) is 2.35. The van der Waals surface area contributed by atoms with Gasteiger partial charge in [-0.1, -0.05) is 0 Å². The quantitative estimate of drug-likeness (QED) is 0.589. The maximum Gasteiger partial charge on any atom is 0.231 e. The number of hydrogen-bond acceptors (Lipinski definition) is 3. The zero-order valence-electron chi connectivity index (χ0n) is 8.86. The lowest BCUT2D eigenvalue weighted by Crippen LogP contribution is -2.56. The lowest BCUT2D eigenvalue weighted by Gasteiger charge is -2.50. The average molecular weight is 222 g/mol. The molecule has 0 radical (unpaired) electrons. The normalized spacial score (nSPS) is 45.4. The Kier molecular flexibility index (Phi) is 1.74. The van der Waals surface area contributed by atoms with Gasteiger partial charge in [0.15, 0.2) is 0 Å². The lowest BCUT2D eigenvalue weighted by molar-refractivity contribution is -0.153. The summed E-state index contributed by atoms with van der Waals surface area (Å²) in [5.74, 6) is -1.45. The number of nitrogens with one attached hydrogen (secondary N) is 1. The van der Waals surface area contributed by atoms with E-state index in [1.165, 1.54) is 0 Å². The van der Waals surface area contributed by atoms with Gasteiger partial charge in [0.25, 0.3) is 0 Å². The molecule has 3 aliphatic carbocycles. The fourth-order valence-corrected chi connectivity index (χ4v) is 3.90. The van der Waals surface area contributed by atoms with Crippen molar-refractivity contribution in [1.29, 1.82) is 0 Å². The van der Waals surface area contributed by atoms with Crippen molar-refractivity contribution < 1.29 is 14.4 Å². The van der Waals surface area contributed by atoms with E-state index in [1.807, 2.05) is 0 Å². The number of primary amides is 1. The van der Waals surface area contributed by atoms with Crippen LogP contribution in [-0.4, -0.2) is 17.7 Å². The van der Waals surface area contributed by atoms with Crippen molar-refractivity contribution in [2.75, 3.05) is 0 Å². The van der Waals surface area contributed by atoms with E-state index >= 15 is 0 Å². The van der Waals surface area contributed by atoms with Crippen LogP contribution in [0.3, 0.4) is 0 Å². The van der Waals surface area contributed by atoms with Gasteiger partial charge in [0.1, 0.15) is 0 Å². The van der Waals surface area contributed by atoms with Crippen molar-refractivity contribution in [2.24, 2.45) is 28.9 Å². The number of nitrogens with two attached hydrogens (primary N) is 1. The van der Waals surface area contributed by atoms with Crippen LogP contribution in [0.25, 0.3) is 0 Å². The first-order valence-electron chi connectivity index (χ1n) is 5.71. The molecule has 4 aliphatic rings. The molecule has 0 spiro atoms. The number of carbonyl (C=O) groups is 3. The molecule has 1 saturated heterocycles. The van der Waals surface area contributed by atoms with Gasteiger partial charge in [-0.2, -0.15) is 0 Å². The van der Waals surface area contributed by atoms with Crippen LogP contribution in [0.4, 0.5) is 0 Å². The third-order valence-electron chi connectivity index (χ3n) is 4.71. The molecule has 0 aromatic heterocycles. The van der Waals surface area contributed by atoms with E-state index in [0.717, 1.165) is 12.8 Å². The second-order valence-electron chi connectivity index (χ2n) is 5.21. The number of rotatable bonds is 1. The summed E-state index contributed by atoms with van der Waals surface area (Å²) in [7, 11) is 0. The highest BCUT2D eigenvalue weighted by Crippen LogP contribution is 2.58. The van der Waals surface area contributed by atoms with Gasteiger partial charge in [-0.15, -0.1) is 0 Å². The van der Waals surface area contributed by atoms with Gasteiger partial charge < -0.3 is 5.73 Å². The van der Waals surface area contributed by atoms with E-state index in [9.17, 15) is 14.4 Å². The standard InChI is InChI=1S/C11H14N2O3/c12-10(16)11-3-1-5(2-4-11)6-7(11)9(15)13-8(6)14/h5-7H,1-4H2,(H2,12,16)(H,13,14,15)/t5?,6-,7-,11?/m0/s1. The first-order valence-corrected chi connectivity index (χ1v) is 5.71. The maximum absolute atomic E-state index is 11.8. The minimum atomic E-state index is -0.754. The smallest absolute Gasteiger partial charge is 0.231 e. The Balaban J connectivity index is 2.10. The molecule has 0 aromatic carbocycles. The molecule has 1 aliphatic heterocycles. The lowest BCUT2D eigenvalue weighted by atomic mass is 9.51. The Labute approximate surface area is 92.7 Å². The molecule has 86 valence electrons. The Morgan fingerprint density at radius 1 is 1.25 bits per heavy atom. The van der Waals surface area contributed by atoms with Crippen molar-refractivity contribution in [1.82, 2.24) is 5.32 Å². The van der Waals surface area contributed by atoms with Crippen LogP contribution in [0.5, 0.6) is 0 Å². The number of fused-ring (bicyclic) bond motifs is 2. The van der Waals surface area contributed by atoms with Gasteiger partial charge in [-0.05, 0) is 31.6 Å². The Morgan fingerprint density at radius 3 is 2.44 bits per heavy atom. The highest BCUT2D eigenvalue weighted by molar-refractivity contribution is 6.08. The van der Waals surface area contributed by atoms with Gasteiger partial charge in [0.05, 0.1) is 17.3 Å². The molecule has 2 bridgehead atoms. The van der Waals surface area contributed by atoms with Gasteiger partial charge >= 0.3 is 0 Å². The minimum Gasteiger partial charge on any atom is -0.369 e. The van der Waals surface area contributed by atoms with Crippen LogP contribution >= 0.6 is 0 Å². The number of imide groups is 1. The highest BCUT2D eigenvalue weighted by atomic mass is 16.2. The summed E-state index contributed by atoms with van der Waals surface area (Å²) in [5.41, 5.74) is 4.72. The summed E-state index contributed by atoms with van der Waals surface area (Å²) >= 11 is 0. The number of carbonyl (C=O) groups excluding carboxylic acids is 3. The molecule has 0 unspecified atom stereocenters. The highest BCUT2D eigenvalue weighted by Gasteiger charge is 2.64. The third-order valence-corrected chi connectivity index (χ3v) is 4.71. The molecule has 16 heavy (non-hydrogen) atoms. The molecular weight excluding hydrogens is 208 g/mol. The van der Waals surface area contributed by atoms with Crippen LogP contribution < -0.4 is 11.1 Å². The largest absolute Gasteiger partial charge is 0.369 e. The third kappa shape index (κ3) is 0.936. The summed E-state index contributed by atoms with van der Waals surface area (Å²) in [6.07, 6.45) is 3.00. The predicted molar refractivity (Wildman–Crippen MR) is 53.7 cm³/mol. The minimum absolute atomic E-state index is 0.204. The molecule has 5 heteroatoms. The maximum atomic E-state index is 11.8. The summed E-state index contributed by atoms with van der Waals surface area (Å²) in [4.78, 5) is 35.1. The van der Waals surface area contributed by atoms with Gasteiger partial charge in [-0.25, -0.2) is 0 Å². The van der Waals surface area contributed by atoms with Crippen LogP contribution in [-0.2, 0) is 14.4 Å². The van der Waals surface area contributed by atoms with Crippen molar-refractivity contribution in [3.8, 4) is 0 Å². The van der Waals surface area contributed by atoms with Gasteiger partial charge in [-0.3, -0.25) is 19.7 Å². The number of hydrogen-bond donors (Lipinski definition) is 2. The molecule has 4 fully saturated rings. The van der Waals surface area contributed by atoms with Gasteiger partial charge in [0.2, 0.25) is 17.7 Å². The molecule has 3 saturated carbocycles. The number of amides is 3. The monoisotopic (exact) mass is 222 g/mol. The zero-order chi connectivity index (χ0) is 11.5. The van der Waals surface area contributed by atoms with Crippen molar-refractivity contribution >= 4 is 17.7 Å². The van der Waals surface area contributed by atoms with Crippen molar-refractivity contribution in [2.45, 2.75) is 25.7 Å². The topological polar surface area (TPSA) is 89.3 Å². The molecule has 0 aromatic rings. The van der Waals surface area contributed by atoms with E-state index in [-0.39, 0.29) is 23.7 Å². The first kappa shape index (κ1) is 9.81. The van der Waals surface area contributed by atoms with Crippen LogP contribution in [0.2, 0.25) is 0 Å². The van der Waals surface area contributed by atoms with Crippen LogP contribution in [0, 0.1) is 23.2 Å². The van der Waals surface area contributed by atoms with E-state index in [0.29, 0.717) is 12.8 Å². The van der Waals surface area contributed by atoms with E-state index in [1.54, 1.807) is 0 Å². The predicted octanol–water partition coefficient (Wildman–Crippen LogP) is -0.449.